The largest absolute Gasteiger partial charge is 0.299 e. The van der Waals surface area contributed by atoms with Crippen LogP contribution in [0.3, 0.4) is 0 Å². The molecule has 0 N–H and O–H groups in total. The summed E-state index contributed by atoms with van der Waals surface area (Å²) in [6, 6.07) is 0. The van der Waals surface area contributed by atoms with Crippen LogP contribution in [0, 0.1) is 11.8 Å². The quantitative estimate of drug-likeness (QED) is 0.332. The first-order chi connectivity index (χ1) is 8.29. The van der Waals surface area contributed by atoms with Crippen LogP contribution in [-0.4, -0.2) is 6.29 Å². The number of hydrogen-bond acceptors (Lipinski definition) is 1. The lowest BCUT2D eigenvalue weighted by Crippen LogP contribution is -2.13. The molecule has 0 radical (unpaired) electrons. The molecule has 1 atom stereocenters. The highest BCUT2D eigenvalue weighted by Gasteiger charge is 2.25. The molecule has 1 rings (SSSR count). The van der Waals surface area contributed by atoms with Crippen LogP contribution in [0.15, 0.2) is 11.6 Å². The van der Waals surface area contributed by atoms with Crippen molar-refractivity contribution in [2.24, 2.45) is 11.8 Å². The van der Waals surface area contributed by atoms with Crippen LogP contribution in [0.4, 0.5) is 0 Å². The van der Waals surface area contributed by atoms with Crippen LogP contribution in [0.2, 0.25) is 0 Å². The predicted octanol–water partition coefficient (Wildman–Crippen LogP) is 4.91. The molecule has 0 saturated heterocycles. The van der Waals surface area contributed by atoms with Crippen molar-refractivity contribution in [2.75, 3.05) is 0 Å². The maximum absolute atomic E-state index is 10.6. The van der Waals surface area contributed by atoms with Crippen molar-refractivity contribution in [3.63, 3.8) is 0 Å². The fourth-order valence-corrected chi connectivity index (χ4v) is 3.22. The second kappa shape index (κ2) is 8.49. The average molecular weight is 236 g/mol. The minimum atomic E-state index is 0.680. The Hall–Kier alpha value is -0.590. The highest BCUT2D eigenvalue weighted by Crippen LogP contribution is 2.37. The van der Waals surface area contributed by atoms with Crippen molar-refractivity contribution >= 4 is 6.29 Å². The van der Waals surface area contributed by atoms with Gasteiger partial charge in [0, 0.05) is 0 Å². The highest BCUT2D eigenvalue weighted by molar-refractivity contribution is 5.66. The molecule has 1 aliphatic carbocycles. The summed E-state index contributed by atoms with van der Waals surface area (Å²) in [6.07, 6.45) is 14.9. The monoisotopic (exact) mass is 236 g/mol. The Kier molecular flexibility index (Phi) is 7.23. The first-order valence-electron chi connectivity index (χ1n) is 7.41. The Bertz CT molecular complexity index is 236. The van der Waals surface area contributed by atoms with Crippen molar-refractivity contribution < 1.29 is 4.79 Å². The van der Waals surface area contributed by atoms with E-state index in [0.29, 0.717) is 5.92 Å². The molecule has 1 nitrogen and oxygen atoms in total. The molecule has 0 aromatic carbocycles. The van der Waals surface area contributed by atoms with Gasteiger partial charge in [-0.25, -0.2) is 0 Å². The van der Waals surface area contributed by atoms with Crippen molar-refractivity contribution in [3.05, 3.63) is 11.6 Å². The molecular weight excluding hydrogens is 208 g/mol. The lowest BCUT2D eigenvalue weighted by Gasteiger charge is -2.24. The van der Waals surface area contributed by atoms with Crippen LogP contribution in [0.25, 0.3) is 0 Å². The number of rotatable bonds is 8. The summed E-state index contributed by atoms with van der Waals surface area (Å²) < 4.78 is 0. The fraction of sp³-hybridized carbons (Fsp3) is 0.812. The van der Waals surface area contributed by atoms with Crippen molar-refractivity contribution in [1.29, 1.82) is 0 Å². The Morgan fingerprint density at radius 1 is 1.24 bits per heavy atom. The number of unbranched alkanes of at least 4 members (excludes halogenated alkanes) is 3. The zero-order chi connectivity index (χ0) is 12.5. The second-order valence-corrected chi connectivity index (χ2v) is 5.55. The van der Waals surface area contributed by atoms with E-state index < -0.39 is 0 Å². The van der Waals surface area contributed by atoms with Gasteiger partial charge in [-0.15, -0.1) is 0 Å². The van der Waals surface area contributed by atoms with Crippen molar-refractivity contribution in [2.45, 2.75) is 71.6 Å². The minimum Gasteiger partial charge on any atom is -0.299 e. The summed E-state index contributed by atoms with van der Waals surface area (Å²) in [5.41, 5.74) is 1.32. The number of aldehydes is 1. The molecule has 0 aromatic heterocycles. The average Bonchev–Trinajstić information content (AvgIpc) is 2.83. The molecule has 0 heterocycles. The van der Waals surface area contributed by atoms with Crippen LogP contribution >= 0.6 is 0 Å². The molecule has 1 saturated carbocycles. The molecule has 1 aliphatic rings. The van der Waals surface area contributed by atoms with Crippen LogP contribution in [-0.2, 0) is 4.79 Å². The van der Waals surface area contributed by atoms with E-state index in [0.717, 1.165) is 12.2 Å². The summed E-state index contributed by atoms with van der Waals surface area (Å²) in [6.45, 7) is 4.41. The molecule has 0 aromatic rings. The standard InChI is InChI=1S/C16H28O/c1-3-4-5-6-11-16(14(2)12-13-17)15-9-7-8-10-15/h12-13,15-16H,3-11H2,1-2H3/t16-/m0/s1. The molecule has 1 heteroatoms. The van der Waals surface area contributed by atoms with Gasteiger partial charge in [0.15, 0.2) is 0 Å². The van der Waals surface area contributed by atoms with E-state index in [1.807, 2.05) is 0 Å². The minimum absolute atomic E-state index is 0.680. The van der Waals surface area contributed by atoms with Gasteiger partial charge in [-0.05, 0) is 44.1 Å². The van der Waals surface area contributed by atoms with Gasteiger partial charge in [-0.2, -0.15) is 0 Å². The van der Waals surface area contributed by atoms with E-state index in [4.69, 9.17) is 0 Å². The van der Waals surface area contributed by atoms with E-state index in [2.05, 4.69) is 13.8 Å². The third-order valence-electron chi connectivity index (χ3n) is 4.25. The molecule has 0 unspecified atom stereocenters. The summed E-state index contributed by atoms with van der Waals surface area (Å²) in [5, 5.41) is 0. The highest BCUT2D eigenvalue weighted by atomic mass is 16.1. The first kappa shape index (κ1) is 14.5. The number of allylic oxidation sites excluding steroid dienone is 2. The van der Waals surface area contributed by atoms with Gasteiger partial charge in [0.2, 0.25) is 0 Å². The van der Waals surface area contributed by atoms with Crippen molar-refractivity contribution in [1.82, 2.24) is 0 Å². The van der Waals surface area contributed by atoms with E-state index in [9.17, 15) is 4.79 Å². The van der Waals surface area contributed by atoms with Gasteiger partial charge in [0.05, 0.1) is 0 Å². The van der Waals surface area contributed by atoms with Crippen LogP contribution in [0.5, 0.6) is 0 Å². The Labute approximate surface area is 107 Å². The van der Waals surface area contributed by atoms with Gasteiger partial charge in [-0.1, -0.05) is 51.0 Å². The summed E-state index contributed by atoms with van der Waals surface area (Å²) >= 11 is 0. The zero-order valence-corrected chi connectivity index (χ0v) is 11.6. The van der Waals surface area contributed by atoms with Gasteiger partial charge in [0.25, 0.3) is 0 Å². The third kappa shape index (κ3) is 5.06. The Morgan fingerprint density at radius 3 is 2.53 bits per heavy atom. The van der Waals surface area contributed by atoms with E-state index in [1.165, 1.54) is 63.4 Å². The summed E-state index contributed by atoms with van der Waals surface area (Å²) in [5.74, 6) is 1.53. The maximum Gasteiger partial charge on any atom is 0.142 e. The first-order valence-corrected chi connectivity index (χ1v) is 7.41. The second-order valence-electron chi connectivity index (χ2n) is 5.55. The topological polar surface area (TPSA) is 17.1 Å². The molecule has 98 valence electrons. The van der Waals surface area contributed by atoms with Gasteiger partial charge < -0.3 is 0 Å². The summed E-state index contributed by atoms with van der Waals surface area (Å²) in [7, 11) is 0. The number of hydrogen-bond donors (Lipinski definition) is 0. The zero-order valence-electron chi connectivity index (χ0n) is 11.6. The van der Waals surface area contributed by atoms with Crippen LogP contribution < -0.4 is 0 Å². The van der Waals surface area contributed by atoms with Gasteiger partial charge in [-0.3, -0.25) is 4.79 Å². The third-order valence-corrected chi connectivity index (χ3v) is 4.25. The van der Waals surface area contributed by atoms with Gasteiger partial charge >= 0.3 is 0 Å². The number of carbonyl (C=O) groups is 1. The Morgan fingerprint density at radius 2 is 1.94 bits per heavy atom. The van der Waals surface area contributed by atoms with E-state index >= 15 is 0 Å². The Balaban J connectivity index is 2.46. The summed E-state index contributed by atoms with van der Waals surface area (Å²) in [4.78, 5) is 10.6. The van der Waals surface area contributed by atoms with Gasteiger partial charge in [0.1, 0.15) is 6.29 Å². The number of carbonyl (C=O) groups excluding carboxylic acids is 1. The van der Waals surface area contributed by atoms with E-state index in [-0.39, 0.29) is 0 Å². The van der Waals surface area contributed by atoms with Crippen molar-refractivity contribution in [3.8, 4) is 0 Å². The molecule has 0 amide bonds. The molecule has 0 spiro atoms. The maximum atomic E-state index is 10.6. The van der Waals surface area contributed by atoms with Crippen LogP contribution in [0.1, 0.15) is 71.6 Å². The molecule has 17 heavy (non-hydrogen) atoms. The SMILES string of the molecule is CCCCCC[C@@H](C(C)=CC=O)C1CCCC1. The lowest BCUT2D eigenvalue weighted by molar-refractivity contribution is -0.104. The lowest BCUT2D eigenvalue weighted by atomic mass is 9.81. The smallest absolute Gasteiger partial charge is 0.142 e. The molecule has 1 fully saturated rings. The molecule has 0 bridgehead atoms. The van der Waals surface area contributed by atoms with E-state index in [1.54, 1.807) is 6.08 Å². The molecule has 0 aliphatic heterocycles. The fourth-order valence-electron chi connectivity index (χ4n) is 3.22. The normalized spacial score (nSPS) is 19.5. The molecular formula is C16H28O. The predicted molar refractivity (Wildman–Crippen MR) is 74.0 cm³/mol.